The van der Waals surface area contributed by atoms with Crippen LogP contribution < -0.4 is 0 Å². The Bertz CT molecular complexity index is 776. The fourth-order valence-corrected chi connectivity index (χ4v) is 2.16. The Labute approximate surface area is 127 Å². The Kier molecular flexibility index (Phi) is 3.74. The van der Waals surface area contributed by atoms with Gasteiger partial charge in [0, 0.05) is 31.4 Å². The maximum atomic E-state index is 12.2. The molecule has 1 aromatic carbocycles. The molecule has 0 spiro atoms. The summed E-state index contributed by atoms with van der Waals surface area (Å²) < 4.78 is 6.78. The number of hydrogen-bond acceptors (Lipinski definition) is 4. The maximum absolute atomic E-state index is 12.2. The summed E-state index contributed by atoms with van der Waals surface area (Å²) in [4.78, 5) is 13.8. The number of benzene rings is 1. The molecule has 0 saturated carbocycles. The second kappa shape index (κ2) is 5.85. The molecule has 0 unspecified atom stereocenters. The van der Waals surface area contributed by atoms with E-state index in [0.717, 1.165) is 11.3 Å². The van der Waals surface area contributed by atoms with Crippen LogP contribution in [0.4, 0.5) is 0 Å². The number of para-hydroxylation sites is 1. The van der Waals surface area contributed by atoms with Crippen molar-refractivity contribution in [2.45, 2.75) is 13.5 Å². The van der Waals surface area contributed by atoms with Crippen LogP contribution >= 0.6 is 0 Å². The number of carbonyl (C=O) groups is 1. The topological polar surface area (TPSA) is 64.2 Å². The van der Waals surface area contributed by atoms with E-state index in [1.54, 1.807) is 35.8 Å². The molecule has 0 aliphatic heterocycles. The monoisotopic (exact) mass is 296 g/mol. The summed E-state index contributed by atoms with van der Waals surface area (Å²) in [6.07, 6.45) is 3.66. The predicted molar refractivity (Wildman–Crippen MR) is 80.6 cm³/mol. The molecular weight excluding hydrogens is 280 g/mol. The van der Waals surface area contributed by atoms with Gasteiger partial charge < -0.3 is 9.42 Å². The van der Waals surface area contributed by atoms with Crippen molar-refractivity contribution in [2.24, 2.45) is 0 Å². The van der Waals surface area contributed by atoms with Gasteiger partial charge in [0.05, 0.1) is 17.6 Å². The van der Waals surface area contributed by atoms with Crippen molar-refractivity contribution in [3.8, 4) is 5.69 Å². The van der Waals surface area contributed by atoms with Crippen LogP contribution in [-0.2, 0) is 6.54 Å². The summed E-state index contributed by atoms with van der Waals surface area (Å²) in [7, 11) is 1.72. The van der Waals surface area contributed by atoms with Crippen molar-refractivity contribution in [3.63, 3.8) is 0 Å². The predicted octanol–water partition coefficient (Wildman–Crippen LogP) is 2.44. The van der Waals surface area contributed by atoms with Crippen LogP contribution in [0.1, 0.15) is 21.8 Å². The molecule has 0 radical (unpaired) electrons. The van der Waals surface area contributed by atoms with Crippen LogP contribution in [0.2, 0.25) is 0 Å². The van der Waals surface area contributed by atoms with E-state index in [1.165, 1.54) is 0 Å². The van der Waals surface area contributed by atoms with Gasteiger partial charge in [-0.25, -0.2) is 4.68 Å². The van der Waals surface area contributed by atoms with Crippen LogP contribution in [0.5, 0.6) is 0 Å². The molecule has 0 saturated heterocycles. The SMILES string of the molecule is Cc1cc(C(=O)N(C)Cc2cnn(-c3ccccc3)c2)on1. The summed E-state index contributed by atoms with van der Waals surface area (Å²) in [6, 6.07) is 11.5. The second-order valence-corrected chi connectivity index (χ2v) is 5.12. The largest absolute Gasteiger partial charge is 0.351 e. The summed E-state index contributed by atoms with van der Waals surface area (Å²) in [6.45, 7) is 2.23. The van der Waals surface area contributed by atoms with Crippen molar-refractivity contribution in [3.05, 3.63) is 65.8 Å². The first kappa shape index (κ1) is 14.1. The third-order valence-corrected chi connectivity index (χ3v) is 3.26. The lowest BCUT2D eigenvalue weighted by molar-refractivity contribution is 0.0743. The minimum atomic E-state index is -0.201. The quantitative estimate of drug-likeness (QED) is 0.742. The first-order valence-corrected chi connectivity index (χ1v) is 6.91. The average Bonchev–Trinajstić information content (AvgIpc) is 3.16. The summed E-state index contributed by atoms with van der Waals surface area (Å²) in [5.74, 6) is 0.0449. The Morgan fingerprint density at radius 1 is 1.32 bits per heavy atom. The molecule has 1 amide bonds. The summed E-state index contributed by atoms with van der Waals surface area (Å²) >= 11 is 0. The molecule has 0 atom stereocenters. The molecule has 3 rings (SSSR count). The van der Waals surface area contributed by atoms with E-state index in [-0.39, 0.29) is 11.7 Å². The lowest BCUT2D eigenvalue weighted by Crippen LogP contribution is -2.25. The zero-order chi connectivity index (χ0) is 15.5. The molecular formula is C16H16N4O2. The number of nitrogens with zero attached hydrogens (tertiary/aromatic N) is 4. The van der Waals surface area contributed by atoms with Crippen molar-refractivity contribution < 1.29 is 9.32 Å². The zero-order valence-corrected chi connectivity index (χ0v) is 12.4. The number of amides is 1. The first-order chi connectivity index (χ1) is 10.6. The van der Waals surface area contributed by atoms with E-state index in [4.69, 9.17) is 4.52 Å². The van der Waals surface area contributed by atoms with Gasteiger partial charge in [-0.05, 0) is 19.1 Å². The second-order valence-electron chi connectivity index (χ2n) is 5.12. The van der Waals surface area contributed by atoms with Gasteiger partial charge in [0.25, 0.3) is 5.91 Å². The minimum absolute atomic E-state index is 0.201. The smallest absolute Gasteiger partial charge is 0.292 e. The van der Waals surface area contributed by atoms with E-state index < -0.39 is 0 Å². The zero-order valence-electron chi connectivity index (χ0n) is 12.4. The van der Waals surface area contributed by atoms with Gasteiger partial charge in [-0.3, -0.25) is 4.79 Å². The number of aryl methyl sites for hydroxylation is 1. The van der Waals surface area contributed by atoms with Crippen LogP contribution in [0.15, 0.2) is 53.3 Å². The van der Waals surface area contributed by atoms with Crippen molar-refractivity contribution in [1.29, 1.82) is 0 Å². The minimum Gasteiger partial charge on any atom is -0.351 e. The van der Waals surface area contributed by atoms with Gasteiger partial charge in [0.15, 0.2) is 0 Å². The van der Waals surface area contributed by atoms with E-state index in [0.29, 0.717) is 12.2 Å². The summed E-state index contributed by atoms with van der Waals surface area (Å²) in [5, 5.41) is 8.05. The molecule has 2 heterocycles. The summed E-state index contributed by atoms with van der Waals surface area (Å²) in [5.41, 5.74) is 2.61. The molecule has 6 heteroatoms. The molecule has 0 fully saturated rings. The lowest BCUT2D eigenvalue weighted by atomic mass is 10.3. The van der Waals surface area contributed by atoms with Gasteiger partial charge in [-0.1, -0.05) is 23.4 Å². The highest BCUT2D eigenvalue weighted by Crippen LogP contribution is 2.11. The molecule has 22 heavy (non-hydrogen) atoms. The van der Waals surface area contributed by atoms with Crippen LogP contribution in [-0.4, -0.2) is 32.8 Å². The molecule has 6 nitrogen and oxygen atoms in total. The maximum Gasteiger partial charge on any atom is 0.292 e. The molecule has 0 N–H and O–H groups in total. The van der Waals surface area contributed by atoms with Gasteiger partial charge in [-0.15, -0.1) is 0 Å². The normalized spacial score (nSPS) is 10.6. The molecule has 2 aromatic heterocycles. The molecule has 3 aromatic rings. The van der Waals surface area contributed by atoms with Crippen molar-refractivity contribution in [2.75, 3.05) is 7.05 Å². The van der Waals surface area contributed by atoms with Crippen LogP contribution in [0.3, 0.4) is 0 Å². The lowest BCUT2D eigenvalue weighted by Gasteiger charge is -2.13. The molecule has 0 bridgehead atoms. The highest BCUT2D eigenvalue weighted by Gasteiger charge is 2.17. The van der Waals surface area contributed by atoms with E-state index in [9.17, 15) is 4.79 Å². The van der Waals surface area contributed by atoms with E-state index >= 15 is 0 Å². The Balaban J connectivity index is 1.71. The van der Waals surface area contributed by atoms with E-state index in [1.807, 2.05) is 36.5 Å². The molecule has 112 valence electrons. The average molecular weight is 296 g/mol. The van der Waals surface area contributed by atoms with Gasteiger partial charge in [0.2, 0.25) is 5.76 Å². The standard InChI is InChI=1S/C16H16N4O2/c1-12-8-15(22-18-12)16(21)19(2)10-13-9-17-20(11-13)14-6-4-3-5-7-14/h3-9,11H,10H2,1-2H3. The highest BCUT2D eigenvalue weighted by molar-refractivity contribution is 5.91. The Hall–Kier alpha value is -2.89. The first-order valence-electron chi connectivity index (χ1n) is 6.91. The third kappa shape index (κ3) is 2.90. The number of carbonyl (C=O) groups excluding carboxylic acids is 1. The molecule has 0 aliphatic rings. The van der Waals surface area contributed by atoms with Crippen LogP contribution in [0.25, 0.3) is 5.69 Å². The van der Waals surface area contributed by atoms with Crippen molar-refractivity contribution in [1.82, 2.24) is 19.8 Å². The van der Waals surface area contributed by atoms with E-state index in [2.05, 4.69) is 10.3 Å². The Morgan fingerprint density at radius 3 is 2.77 bits per heavy atom. The highest BCUT2D eigenvalue weighted by atomic mass is 16.5. The number of rotatable bonds is 4. The van der Waals surface area contributed by atoms with Gasteiger partial charge >= 0.3 is 0 Å². The Morgan fingerprint density at radius 2 is 2.09 bits per heavy atom. The third-order valence-electron chi connectivity index (χ3n) is 3.26. The fourth-order valence-electron chi connectivity index (χ4n) is 2.16. The van der Waals surface area contributed by atoms with Gasteiger partial charge in [-0.2, -0.15) is 5.10 Å². The van der Waals surface area contributed by atoms with Crippen molar-refractivity contribution >= 4 is 5.91 Å². The van der Waals surface area contributed by atoms with Crippen LogP contribution in [0, 0.1) is 6.92 Å². The number of hydrogen-bond donors (Lipinski definition) is 0. The number of aromatic nitrogens is 3. The van der Waals surface area contributed by atoms with Gasteiger partial charge in [0.1, 0.15) is 0 Å². The molecule has 0 aliphatic carbocycles. The fraction of sp³-hybridized carbons (Fsp3) is 0.188.